The van der Waals surface area contributed by atoms with Gasteiger partial charge in [0.1, 0.15) is 0 Å². The summed E-state index contributed by atoms with van der Waals surface area (Å²) in [5, 5.41) is 5.38. The van der Waals surface area contributed by atoms with Crippen LogP contribution in [0.25, 0.3) is 10.4 Å². The maximum absolute atomic E-state index is 11.6. The van der Waals surface area contributed by atoms with E-state index in [1.807, 2.05) is 0 Å². The van der Waals surface area contributed by atoms with E-state index in [0.29, 0.717) is 0 Å². The third-order valence-electron chi connectivity index (χ3n) is 1.68. The fourth-order valence-electron chi connectivity index (χ4n) is 0.928. The van der Waals surface area contributed by atoms with Crippen molar-refractivity contribution in [3.63, 3.8) is 0 Å². The molecule has 0 aliphatic carbocycles. The van der Waals surface area contributed by atoms with E-state index in [4.69, 9.17) is 5.53 Å². The van der Waals surface area contributed by atoms with Crippen molar-refractivity contribution < 1.29 is 8.42 Å². The predicted octanol–water partition coefficient (Wildman–Crippen LogP) is 2.12. The van der Waals surface area contributed by atoms with E-state index in [1.165, 1.54) is 19.1 Å². The van der Waals surface area contributed by atoms with Crippen molar-refractivity contribution in [1.29, 1.82) is 0 Å². The van der Waals surface area contributed by atoms with Crippen LogP contribution in [0.2, 0.25) is 0 Å². The van der Waals surface area contributed by atoms with Gasteiger partial charge in [-0.05, 0) is 24.6 Å². The van der Waals surface area contributed by atoms with Gasteiger partial charge in [-0.3, -0.25) is 0 Å². The highest BCUT2D eigenvalue weighted by atomic mass is 32.2. The van der Waals surface area contributed by atoms with Gasteiger partial charge in [0.15, 0.2) is 0 Å². The number of hydrogen-bond acceptors (Lipinski definition) is 3. The summed E-state index contributed by atoms with van der Waals surface area (Å²) in [6.45, 7) is 1.52. The van der Waals surface area contributed by atoms with Crippen LogP contribution in [-0.2, 0) is 9.84 Å². The molecule has 1 unspecified atom stereocenters. The minimum Gasteiger partial charge on any atom is -0.210 e. The highest BCUT2D eigenvalue weighted by Gasteiger charge is 2.09. The van der Waals surface area contributed by atoms with Crippen LogP contribution in [0.15, 0.2) is 40.3 Å². The zero-order chi connectivity index (χ0) is 12.0. The van der Waals surface area contributed by atoms with Crippen LogP contribution in [0.5, 0.6) is 0 Å². The lowest BCUT2D eigenvalue weighted by Gasteiger charge is -1.95. The Balaban J connectivity index is 3.02. The fraction of sp³-hybridized carbons (Fsp3) is 0.200. The Kier molecular flexibility index (Phi) is 3.95. The Morgan fingerprint density at radius 3 is 2.56 bits per heavy atom. The SMILES string of the molecule is CC(C#CS(=O)(=O)c1ccccc1)N=[N+]=[N-]. The third-order valence-corrected chi connectivity index (χ3v) is 2.96. The molecule has 0 aliphatic heterocycles. The van der Waals surface area contributed by atoms with Crippen molar-refractivity contribution in [1.82, 2.24) is 0 Å². The molecule has 0 saturated heterocycles. The van der Waals surface area contributed by atoms with Crippen LogP contribution in [0, 0.1) is 11.2 Å². The van der Waals surface area contributed by atoms with Crippen LogP contribution in [-0.4, -0.2) is 14.5 Å². The molecule has 6 heteroatoms. The second kappa shape index (κ2) is 5.21. The number of sulfone groups is 1. The lowest BCUT2D eigenvalue weighted by Crippen LogP contribution is -1.98. The van der Waals surface area contributed by atoms with E-state index in [0.717, 1.165) is 0 Å². The smallest absolute Gasteiger partial charge is 0.210 e. The number of benzene rings is 1. The number of azide groups is 1. The minimum atomic E-state index is -3.62. The van der Waals surface area contributed by atoms with Crippen molar-refractivity contribution in [3.05, 3.63) is 40.8 Å². The van der Waals surface area contributed by atoms with Crippen LogP contribution in [0.4, 0.5) is 0 Å². The molecule has 0 aliphatic rings. The van der Waals surface area contributed by atoms with Gasteiger partial charge >= 0.3 is 0 Å². The summed E-state index contributed by atoms with van der Waals surface area (Å²) >= 11 is 0. The van der Waals surface area contributed by atoms with Crippen molar-refractivity contribution in [2.45, 2.75) is 17.9 Å². The number of rotatable bonds is 2. The second-order valence-corrected chi connectivity index (χ2v) is 4.63. The Bertz CT molecular complexity index is 563. The Labute approximate surface area is 93.6 Å². The standard InChI is InChI=1S/C10H9N3O2S/c1-9(12-13-11)7-8-16(14,15)10-5-3-2-4-6-10/h2-6,9H,1H3. The van der Waals surface area contributed by atoms with Crippen LogP contribution in [0.3, 0.4) is 0 Å². The van der Waals surface area contributed by atoms with Gasteiger partial charge in [-0.15, -0.1) is 0 Å². The van der Waals surface area contributed by atoms with E-state index in [-0.39, 0.29) is 4.90 Å². The summed E-state index contributed by atoms with van der Waals surface area (Å²) in [6.07, 6.45) is 0. The van der Waals surface area contributed by atoms with Crippen LogP contribution in [0.1, 0.15) is 6.92 Å². The summed E-state index contributed by atoms with van der Waals surface area (Å²) in [6, 6.07) is 7.21. The van der Waals surface area contributed by atoms with Crippen molar-refractivity contribution in [2.75, 3.05) is 0 Å². The molecule has 0 spiro atoms. The summed E-state index contributed by atoms with van der Waals surface area (Å²) < 4.78 is 23.3. The highest BCUT2D eigenvalue weighted by molar-refractivity contribution is 7.96. The first kappa shape index (κ1) is 12.1. The molecule has 16 heavy (non-hydrogen) atoms. The fourth-order valence-corrected chi connectivity index (χ4v) is 1.89. The van der Waals surface area contributed by atoms with Crippen molar-refractivity contribution >= 4 is 9.84 Å². The van der Waals surface area contributed by atoms with E-state index >= 15 is 0 Å². The van der Waals surface area contributed by atoms with Gasteiger partial charge in [-0.2, -0.15) is 0 Å². The monoisotopic (exact) mass is 235 g/mol. The normalized spacial score (nSPS) is 11.8. The van der Waals surface area contributed by atoms with E-state index < -0.39 is 15.9 Å². The van der Waals surface area contributed by atoms with Crippen LogP contribution >= 0.6 is 0 Å². The molecule has 1 aromatic carbocycles. The summed E-state index contributed by atoms with van der Waals surface area (Å²) in [5.41, 5.74) is 8.12. The van der Waals surface area contributed by atoms with E-state index in [1.54, 1.807) is 18.2 Å². The highest BCUT2D eigenvalue weighted by Crippen LogP contribution is 2.08. The van der Waals surface area contributed by atoms with Crippen molar-refractivity contribution in [2.24, 2.45) is 5.11 Å². The molecule has 0 radical (unpaired) electrons. The average molecular weight is 235 g/mol. The molecule has 0 aromatic heterocycles. The molecule has 0 saturated carbocycles. The molecule has 0 heterocycles. The first-order valence-corrected chi connectivity index (χ1v) is 5.91. The zero-order valence-corrected chi connectivity index (χ0v) is 9.35. The van der Waals surface area contributed by atoms with Gasteiger partial charge in [-0.25, -0.2) is 8.42 Å². The third kappa shape index (κ3) is 3.31. The first-order valence-electron chi connectivity index (χ1n) is 4.43. The quantitative estimate of drug-likeness (QED) is 0.258. The van der Waals surface area contributed by atoms with Crippen LogP contribution < -0.4 is 0 Å². The van der Waals surface area contributed by atoms with Gasteiger partial charge in [0.25, 0.3) is 0 Å². The average Bonchev–Trinajstić information content (AvgIpc) is 2.28. The molecule has 1 aromatic rings. The van der Waals surface area contributed by atoms with Crippen molar-refractivity contribution in [3.8, 4) is 11.2 Å². The van der Waals surface area contributed by atoms with Gasteiger partial charge in [-0.1, -0.05) is 29.2 Å². The lowest BCUT2D eigenvalue weighted by molar-refractivity contribution is 0.606. The predicted molar refractivity (Wildman–Crippen MR) is 60.0 cm³/mol. The summed E-state index contributed by atoms with van der Waals surface area (Å²) in [5.74, 6) is 2.36. The molecule has 1 rings (SSSR count). The number of nitrogens with zero attached hydrogens (tertiary/aromatic N) is 3. The maximum Gasteiger partial charge on any atom is 0.245 e. The zero-order valence-electron chi connectivity index (χ0n) is 8.53. The van der Waals surface area contributed by atoms with Gasteiger partial charge < -0.3 is 0 Å². The molecule has 5 nitrogen and oxygen atoms in total. The van der Waals surface area contributed by atoms with Gasteiger partial charge in [0, 0.05) is 10.2 Å². The second-order valence-electron chi connectivity index (χ2n) is 2.94. The largest absolute Gasteiger partial charge is 0.245 e. The molecule has 0 fully saturated rings. The van der Waals surface area contributed by atoms with Gasteiger partial charge in [0.05, 0.1) is 10.9 Å². The molecular formula is C10H9N3O2S. The molecule has 0 N–H and O–H groups in total. The topological polar surface area (TPSA) is 82.9 Å². The molecule has 1 atom stereocenters. The number of hydrogen-bond donors (Lipinski definition) is 0. The minimum absolute atomic E-state index is 0.135. The summed E-state index contributed by atoms with van der Waals surface area (Å²) in [4.78, 5) is 2.67. The van der Waals surface area contributed by atoms with E-state index in [2.05, 4.69) is 21.2 Å². The van der Waals surface area contributed by atoms with E-state index in [9.17, 15) is 8.42 Å². The molecule has 0 bridgehead atoms. The Hall–Kier alpha value is -1.96. The molecule has 82 valence electrons. The maximum atomic E-state index is 11.6. The molecule has 0 amide bonds. The lowest BCUT2D eigenvalue weighted by atomic mass is 10.4. The van der Waals surface area contributed by atoms with Gasteiger partial charge in [0.2, 0.25) is 9.84 Å². The Morgan fingerprint density at radius 1 is 1.38 bits per heavy atom. The first-order chi connectivity index (χ1) is 7.56. The Morgan fingerprint density at radius 2 is 2.00 bits per heavy atom. The molecular weight excluding hydrogens is 226 g/mol. The summed E-state index contributed by atoms with van der Waals surface area (Å²) in [7, 11) is -3.62.